The molecular weight excluding hydrogens is 254 g/mol. The monoisotopic (exact) mass is 265 g/mol. The SMILES string of the molecule is CN(CC(C(=O)O)C(F)(F)F)c1ccccc1F. The van der Waals surface area contributed by atoms with Crippen LogP contribution in [0.1, 0.15) is 0 Å². The highest BCUT2D eigenvalue weighted by molar-refractivity contribution is 5.72. The van der Waals surface area contributed by atoms with Gasteiger partial charge in [0.1, 0.15) is 5.82 Å². The minimum absolute atomic E-state index is 0.0759. The number of nitrogens with zero attached hydrogens (tertiary/aromatic N) is 1. The molecule has 1 rings (SSSR count). The topological polar surface area (TPSA) is 40.5 Å². The molecule has 0 aliphatic rings. The zero-order valence-electron chi connectivity index (χ0n) is 9.41. The van der Waals surface area contributed by atoms with Gasteiger partial charge in [-0.25, -0.2) is 4.39 Å². The molecule has 0 aliphatic heterocycles. The van der Waals surface area contributed by atoms with Crippen molar-refractivity contribution in [1.82, 2.24) is 0 Å². The number of anilines is 1. The van der Waals surface area contributed by atoms with Crippen LogP contribution in [0.3, 0.4) is 0 Å². The molecule has 18 heavy (non-hydrogen) atoms. The van der Waals surface area contributed by atoms with Gasteiger partial charge >= 0.3 is 12.1 Å². The molecule has 0 bridgehead atoms. The van der Waals surface area contributed by atoms with Crippen molar-refractivity contribution >= 4 is 11.7 Å². The van der Waals surface area contributed by atoms with Gasteiger partial charge in [0.25, 0.3) is 0 Å². The summed E-state index contributed by atoms with van der Waals surface area (Å²) < 4.78 is 50.7. The number of alkyl halides is 3. The fourth-order valence-corrected chi connectivity index (χ4v) is 1.46. The van der Waals surface area contributed by atoms with Crippen LogP contribution in [0.15, 0.2) is 24.3 Å². The highest BCUT2D eigenvalue weighted by Crippen LogP contribution is 2.28. The number of aliphatic carboxylic acids is 1. The van der Waals surface area contributed by atoms with Crippen molar-refractivity contribution in [2.75, 3.05) is 18.5 Å². The second-order valence-corrected chi connectivity index (χ2v) is 3.76. The lowest BCUT2D eigenvalue weighted by Crippen LogP contribution is -2.40. The Labute approximate surface area is 101 Å². The predicted molar refractivity (Wildman–Crippen MR) is 56.9 cm³/mol. The van der Waals surface area contributed by atoms with E-state index in [9.17, 15) is 22.4 Å². The maximum absolute atomic E-state index is 13.3. The van der Waals surface area contributed by atoms with Gasteiger partial charge in [0.2, 0.25) is 0 Å². The molecule has 1 aromatic carbocycles. The number of hydrogen-bond acceptors (Lipinski definition) is 2. The average Bonchev–Trinajstić information content (AvgIpc) is 2.24. The Morgan fingerprint density at radius 1 is 1.39 bits per heavy atom. The van der Waals surface area contributed by atoms with Crippen LogP contribution in [0.25, 0.3) is 0 Å². The fraction of sp³-hybridized carbons (Fsp3) is 0.364. The van der Waals surface area contributed by atoms with Crippen molar-refractivity contribution in [3.8, 4) is 0 Å². The lowest BCUT2D eigenvalue weighted by Gasteiger charge is -2.25. The molecule has 1 unspecified atom stereocenters. The fourth-order valence-electron chi connectivity index (χ4n) is 1.46. The highest BCUT2D eigenvalue weighted by atomic mass is 19.4. The Hall–Kier alpha value is -1.79. The van der Waals surface area contributed by atoms with E-state index in [-0.39, 0.29) is 5.69 Å². The third kappa shape index (κ3) is 3.35. The molecule has 1 N–H and O–H groups in total. The number of benzene rings is 1. The first-order chi connectivity index (χ1) is 8.23. The van der Waals surface area contributed by atoms with Gasteiger partial charge in [-0.3, -0.25) is 4.79 Å². The van der Waals surface area contributed by atoms with Crippen LogP contribution in [0.4, 0.5) is 23.2 Å². The molecule has 0 saturated carbocycles. The van der Waals surface area contributed by atoms with Crippen LogP contribution >= 0.6 is 0 Å². The normalized spacial score (nSPS) is 13.2. The minimum Gasteiger partial charge on any atom is -0.481 e. The minimum atomic E-state index is -4.87. The van der Waals surface area contributed by atoms with Crippen molar-refractivity contribution in [1.29, 1.82) is 0 Å². The summed E-state index contributed by atoms with van der Waals surface area (Å²) in [5.41, 5.74) is -0.0759. The summed E-state index contributed by atoms with van der Waals surface area (Å²) in [6.07, 6.45) is -4.87. The largest absolute Gasteiger partial charge is 0.481 e. The lowest BCUT2D eigenvalue weighted by atomic mass is 10.1. The smallest absolute Gasteiger partial charge is 0.403 e. The van der Waals surface area contributed by atoms with E-state index in [1.807, 2.05) is 0 Å². The lowest BCUT2D eigenvalue weighted by molar-refractivity contribution is -0.191. The number of halogens is 4. The Balaban J connectivity index is 2.89. The van der Waals surface area contributed by atoms with Gasteiger partial charge in [-0.15, -0.1) is 0 Å². The zero-order valence-corrected chi connectivity index (χ0v) is 9.41. The third-order valence-electron chi connectivity index (χ3n) is 2.41. The van der Waals surface area contributed by atoms with Crippen molar-refractivity contribution in [2.45, 2.75) is 6.18 Å². The second kappa shape index (κ2) is 5.24. The number of carbonyl (C=O) groups is 1. The van der Waals surface area contributed by atoms with Crippen LogP contribution in [-0.4, -0.2) is 30.8 Å². The Morgan fingerprint density at radius 2 is 1.94 bits per heavy atom. The maximum atomic E-state index is 13.3. The molecule has 0 heterocycles. The summed E-state index contributed by atoms with van der Waals surface area (Å²) in [5, 5.41) is 8.53. The van der Waals surface area contributed by atoms with E-state index in [1.165, 1.54) is 25.2 Å². The van der Waals surface area contributed by atoms with Crippen molar-refractivity contribution in [3.05, 3.63) is 30.1 Å². The number of hydrogen-bond donors (Lipinski definition) is 1. The van der Waals surface area contributed by atoms with E-state index in [1.54, 1.807) is 0 Å². The van der Waals surface area contributed by atoms with E-state index in [0.717, 1.165) is 11.0 Å². The number of rotatable bonds is 4. The molecule has 100 valence electrons. The molecule has 1 aromatic rings. The second-order valence-electron chi connectivity index (χ2n) is 3.76. The summed E-state index contributed by atoms with van der Waals surface area (Å²) in [7, 11) is 1.21. The van der Waals surface area contributed by atoms with E-state index < -0.39 is 30.4 Å². The van der Waals surface area contributed by atoms with Gasteiger partial charge in [0.05, 0.1) is 5.69 Å². The highest BCUT2D eigenvalue weighted by Gasteiger charge is 2.45. The molecule has 0 aromatic heterocycles. The maximum Gasteiger partial charge on any atom is 0.403 e. The van der Waals surface area contributed by atoms with Gasteiger partial charge in [-0.1, -0.05) is 12.1 Å². The molecule has 3 nitrogen and oxygen atoms in total. The van der Waals surface area contributed by atoms with E-state index in [4.69, 9.17) is 5.11 Å². The van der Waals surface area contributed by atoms with Gasteiger partial charge in [-0.05, 0) is 12.1 Å². The average molecular weight is 265 g/mol. The third-order valence-corrected chi connectivity index (χ3v) is 2.41. The van der Waals surface area contributed by atoms with Gasteiger partial charge in [-0.2, -0.15) is 13.2 Å². The Kier molecular flexibility index (Phi) is 4.15. The van der Waals surface area contributed by atoms with E-state index in [0.29, 0.717) is 0 Å². The van der Waals surface area contributed by atoms with Crippen LogP contribution in [0.2, 0.25) is 0 Å². The Bertz CT molecular complexity index is 433. The molecule has 7 heteroatoms. The quantitative estimate of drug-likeness (QED) is 0.850. The van der Waals surface area contributed by atoms with E-state index in [2.05, 4.69) is 0 Å². The number of carboxylic acid groups (broad SMARTS) is 1. The van der Waals surface area contributed by atoms with E-state index >= 15 is 0 Å². The van der Waals surface area contributed by atoms with Gasteiger partial charge in [0, 0.05) is 13.6 Å². The molecule has 0 spiro atoms. The number of carboxylic acids is 1. The van der Waals surface area contributed by atoms with Crippen molar-refractivity contribution < 1.29 is 27.5 Å². The zero-order chi connectivity index (χ0) is 13.9. The molecule has 1 atom stereocenters. The van der Waals surface area contributed by atoms with Crippen LogP contribution in [-0.2, 0) is 4.79 Å². The molecule has 0 amide bonds. The van der Waals surface area contributed by atoms with Gasteiger partial charge in [0.15, 0.2) is 5.92 Å². The summed E-state index contributed by atoms with van der Waals surface area (Å²) >= 11 is 0. The van der Waals surface area contributed by atoms with Crippen molar-refractivity contribution in [2.24, 2.45) is 5.92 Å². The standard InChI is InChI=1S/C11H11F4NO2/c1-16(9-5-3-2-4-8(9)12)6-7(10(17)18)11(13,14)15/h2-5,7H,6H2,1H3,(H,17,18). The molecule has 0 radical (unpaired) electrons. The summed E-state index contributed by atoms with van der Waals surface area (Å²) in [6, 6.07) is 5.23. The molecule has 0 saturated heterocycles. The van der Waals surface area contributed by atoms with Gasteiger partial charge < -0.3 is 10.0 Å². The number of para-hydroxylation sites is 1. The van der Waals surface area contributed by atoms with Crippen LogP contribution in [0, 0.1) is 11.7 Å². The first-order valence-corrected chi connectivity index (χ1v) is 4.98. The molecule has 0 fully saturated rings. The Morgan fingerprint density at radius 3 is 2.39 bits per heavy atom. The summed E-state index contributed by atoms with van der Waals surface area (Å²) in [4.78, 5) is 11.5. The van der Waals surface area contributed by atoms with Crippen LogP contribution in [0.5, 0.6) is 0 Å². The predicted octanol–water partition coefficient (Wildman–Crippen LogP) is 2.53. The summed E-state index contributed by atoms with van der Waals surface area (Å²) in [6.45, 7) is -0.847. The van der Waals surface area contributed by atoms with Crippen LogP contribution < -0.4 is 4.90 Å². The molecular formula is C11H11F4NO2. The molecule has 0 aliphatic carbocycles. The first-order valence-electron chi connectivity index (χ1n) is 4.98. The van der Waals surface area contributed by atoms with Crippen molar-refractivity contribution in [3.63, 3.8) is 0 Å². The summed E-state index contributed by atoms with van der Waals surface area (Å²) in [5.74, 6) is -5.24. The first kappa shape index (κ1) is 14.3.